The summed E-state index contributed by atoms with van der Waals surface area (Å²) in [6, 6.07) is 0. The molecule has 0 aromatic rings. The molecule has 0 aromatic heterocycles. The summed E-state index contributed by atoms with van der Waals surface area (Å²) in [5, 5.41) is 0.771. The summed E-state index contributed by atoms with van der Waals surface area (Å²) in [6.45, 7) is 11.7. The molecule has 2 aliphatic heterocycles. The number of rotatable bonds is 4. The van der Waals surface area contributed by atoms with Crippen molar-refractivity contribution in [3.8, 4) is 0 Å². The average molecular weight is 286 g/mol. The Kier molecular flexibility index (Phi) is 6.00. The highest BCUT2D eigenvalue weighted by molar-refractivity contribution is 7.99. The van der Waals surface area contributed by atoms with Gasteiger partial charge in [-0.2, -0.15) is 11.8 Å². The fourth-order valence-corrected chi connectivity index (χ4v) is 4.69. The zero-order chi connectivity index (χ0) is 13.7. The first-order chi connectivity index (χ1) is 9.20. The number of hydrogen-bond acceptors (Lipinski definition) is 4. The maximum absolute atomic E-state index is 6.24. The van der Waals surface area contributed by atoms with E-state index in [1.807, 2.05) is 0 Å². The largest absolute Gasteiger partial charge is 0.329 e. The minimum atomic E-state index is 0.289. The van der Waals surface area contributed by atoms with Crippen molar-refractivity contribution in [1.29, 1.82) is 0 Å². The molecule has 2 rings (SSSR count). The first kappa shape index (κ1) is 15.6. The van der Waals surface area contributed by atoms with E-state index in [4.69, 9.17) is 5.73 Å². The molecule has 4 heteroatoms. The molecule has 3 nitrogen and oxygen atoms in total. The monoisotopic (exact) mass is 285 g/mol. The van der Waals surface area contributed by atoms with Crippen molar-refractivity contribution in [3.05, 3.63) is 0 Å². The third-order valence-corrected chi connectivity index (χ3v) is 5.98. The van der Waals surface area contributed by atoms with E-state index >= 15 is 0 Å². The van der Waals surface area contributed by atoms with Crippen LogP contribution in [0.5, 0.6) is 0 Å². The Bertz CT molecular complexity index is 274. The lowest BCUT2D eigenvalue weighted by Gasteiger charge is -2.46. The maximum Gasteiger partial charge on any atom is 0.0345 e. The standard InChI is InChI=1S/C15H31N3S/c1-3-7-17-8-4-5-15(13-16,6-9-17)18-10-11-19-14(2)12-18/h14H,3-13,16H2,1-2H3. The summed E-state index contributed by atoms with van der Waals surface area (Å²) < 4.78 is 0. The lowest BCUT2D eigenvalue weighted by molar-refractivity contribution is 0.0826. The third kappa shape index (κ3) is 3.87. The van der Waals surface area contributed by atoms with Crippen molar-refractivity contribution in [2.24, 2.45) is 5.73 Å². The Morgan fingerprint density at radius 1 is 1.26 bits per heavy atom. The number of thioether (sulfide) groups is 1. The zero-order valence-electron chi connectivity index (χ0n) is 12.7. The summed E-state index contributed by atoms with van der Waals surface area (Å²) in [7, 11) is 0. The van der Waals surface area contributed by atoms with Gasteiger partial charge in [-0.25, -0.2) is 0 Å². The van der Waals surface area contributed by atoms with Crippen LogP contribution >= 0.6 is 11.8 Å². The van der Waals surface area contributed by atoms with Crippen LogP contribution in [0.25, 0.3) is 0 Å². The van der Waals surface area contributed by atoms with Crippen LogP contribution in [0.1, 0.15) is 39.5 Å². The molecule has 2 aliphatic rings. The van der Waals surface area contributed by atoms with E-state index in [0.29, 0.717) is 0 Å². The Labute approximate surface area is 123 Å². The van der Waals surface area contributed by atoms with Gasteiger partial charge in [-0.3, -0.25) is 4.90 Å². The molecule has 0 spiro atoms. The van der Waals surface area contributed by atoms with Gasteiger partial charge in [-0.1, -0.05) is 13.8 Å². The molecule has 0 amide bonds. The van der Waals surface area contributed by atoms with Crippen molar-refractivity contribution in [3.63, 3.8) is 0 Å². The van der Waals surface area contributed by atoms with Gasteiger partial charge in [0.2, 0.25) is 0 Å². The molecule has 0 saturated carbocycles. The molecule has 2 fully saturated rings. The highest BCUT2D eigenvalue weighted by Crippen LogP contribution is 2.32. The molecule has 19 heavy (non-hydrogen) atoms. The van der Waals surface area contributed by atoms with Crippen molar-refractivity contribution < 1.29 is 0 Å². The lowest BCUT2D eigenvalue weighted by Crippen LogP contribution is -2.58. The molecule has 2 unspecified atom stereocenters. The van der Waals surface area contributed by atoms with Gasteiger partial charge >= 0.3 is 0 Å². The quantitative estimate of drug-likeness (QED) is 0.856. The van der Waals surface area contributed by atoms with E-state index in [2.05, 4.69) is 35.4 Å². The molecular formula is C15H31N3S. The molecule has 2 saturated heterocycles. The van der Waals surface area contributed by atoms with Gasteiger partial charge in [0.25, 0.3) is 0 Å². The molecule has 2 heterocycles. The van der Waals surface area contributed by atoms with Gasteiger partial charge in [-0.15, -0.1) is 0 Å². The molecule has 2 N–H and O–H groups in total. The number of nitrogens with two attached hydrogens (primary N) is 1. The van der Waals surface area contributed by atoms with Crippen LogP contribution in [0, 0.1) is 0 Å². The molecule has 112 valence electrons. The van der Waals surface area contributed by atoms with Gasteiger partial charge < -0.3 is 10.6 Å². The summed E-state index contributed by atoms with van der Waals surface area (Å²) in [6.07, 6.45) is 5.14. The predicted octanol–water partition coefficient (Wildman–Crippen LogP) is 2.02. The number of likely N-dealkylation sites (tertiary alicyclic amines) is 1. The Balaban J connectivity index is 2.00. The van der Waals surface area contributed by atoms with E-state index in [1.54, 1.807) is 0 Å². The van der Waals surface area contributed by atoms with Gasteiger partial charge in [0.05, 0.1) is 0 Å². The first-order valence-electron chi connectivity index (χ1n) is 7.99. The van der Waals surface area contributed by atoms with Crippen LogP contribution in [0.4, 0.5) is 0 Å². The fourth-order valence-electron chi connectivity index (χ4n) is 3.67. The first-order valence-corrected chi connectivity index (χ1v) is 9.04. The van der Waals surface area contributed by atoms with E-state index in [0.717, 1.165) is 11.8 Å². The van der Waals surface area contributed by atoms with Gasteiger partial charge in [0.1, 0.15) is 0 Å². The second kappa shape index (κ2) is 7.30. The van der Waals surface area contributed by atoms with Crippen LogP contribution in [-0.2, 0) is 0 Å². The lowest BCUT2D eigenvalue weighted by atomic mass is 9.88. The van der Waals surface area contributed by atoms with Gasteiger partial charge in [0.15, 0.2) is 0 Å². The number of hydrogen-bond donors (Lipinski definition) is 1. The molecular weight excluding hydrogens is 254 g/mol. The normalized spacial score (nSPS) is 35.2. The SMILES string of the molecule is CCCN1CCCC(CN)(N2CCSC(C)C2)CC1. The average Bonchev–Trinajstić information content (AvgIpc) is 2.63. The summed E-state index contributed by atoms with van der Waals surface area (Å²) in [5.41, 5.74) is 6.53. The highest BCUT2D eigenvalue weighted by atomic mass is 32.2. The maximum atomic E-state index is 6.24. The highest BCUT2D eigenvalue weighted by Gasteiger charge is 2.38. The summed E-state index contributed by atoms with van der Waals surface area (Å²) in [4.78, 5) is 5.36. The summed E-state index contributed by atoms with van der Waals surface area (Å²) in [5.74, 6) is 1.28. The van der Waals surface area contributed by atoms with Crippen LogP contribution in [0.2, 0.25) is 0 Å². The van der Waals surface area contributed by atoms with E-state index in [-0.39, 0.29) is 5.54 Å². The topological polar surface area (TPSA) is 32.5 Å². The second-order valence-corrected chi connectivity index (χ2v) is 7.80. The van der Waals surface area contributed by atoms with Gasteiger partial charge in [0, 0.05) is 36.2 Å². The van der Waals surface area contributed by atoms with E-state index in [9.17, 15) is 0 Å². The molecule has 0 bridgehead atoms. The van der Waals surface area contributed by atoms with Crippen molar-refractivity contribution in [1.82, 2.24) is 9.80 Å². The summed E-state index contributed by atoms with van der Waals surface area (Å²) >= 11 is 2.12. The minimum Gasteiger partial charge on any atom is -0.329 e. The minimum absolute atomic E-state index is 0.289. The zero-order valence-corrected chi connectivity index (χ0v) is 13.6. The predicted molar refractivity (Wildman–Crippen MR) is 85.9 cm³/mol. The second-order valence-electron chi connectivity index (χ2n) is 6.25. The van der Waals surface area contributed by atoms with E-state index in [1.165, 1.54) is 64.2 Å². The third-order valence-electron chi connectivity index (χ3n) is 4.84. The Hall–Kier alpha value is 0.230. The smallest absolute Gasteiger partial charge is 0.0345 e. The van der Waals surface area contributed by atoms with Crippen LogP contribution in [-0.4, -0.2) is 65.6 Å². The Morgan fingerprint density at radius 3 is 2.79 bits per heavy atom. The molecule has 0 radical (unpaired) electrons. The molecule has 0 aromatic carbocycles. The van der Waals surface area contributed by atoms with E-state index < -0.39 is 0 Å². The fraction of sp³-hybridized carbons (Fsp3) is 1.00. The van der Waals surface area contributed by atoms with Crippen molar-refractivity contribution in [2.45, 2.75) is 50.3 Å². The van der Waals surface area contributed by atoms with Crippen LogP contribution in [0.15, 0.2) is 0 Å². The Morgan fingerprint density at radius 2 is 2.11 bits per heavy atom. The number of nitrogens with zero attached hydrogens (tertiary/aromatic N) is 2. The molecule has 0 aliphatic carbocycles. The van der Waals surface area contributed by atoms with Crippen molar-refractivity contribution >= 4 is 11.8 Å². The van der Waals surface area contributed by atoms with Crippen LogP contribution < -0.4 is 5.73 Å². The van der Waals surface area contributed by atoms with Crippen molar-refractivity contribution in [2.75, 3.05) is 45.0 Å². The molecule has 2 atom stereocenters. The van der Waals surface area contributed by atoms with Gasteiger partial charge in [-0.05, 0) is 45.3 Å². The van der Waals surface area contributed by atoms with Crippen LogP contribution in [0.3, 0.4) is 0 Å².